The zero-order chi connectivity index (χ0) is 18.0. The lowest BCUT2D eigenvalue weighted by Crippen LogP contribution is -2.36. The van der Waals surface area contributed by atoms with Gasteiger partial charge in [-0.15, -0.1) is 0 Å². The third-order valence-corrected chi connectivity index (χ3v) is 4.74. The van der Waals surface area contributed by atoms with E-state index in [2.05, 4.69) is 14.9 Å². The van der Waals surface area contributed by atoms with Gasteiger partial charge in [-0.05, 0) is 37.7 Å². The molecule has 1 aliphatic heterocycles. The van der Waals surface area contributed by atoms with E-state index in [9.17, 15) is 4.79 Å². The zero-order valence-electron chi connectivity index (χ0n) is 13.8. The Kier molecular flexibility index (Phi) is 5.42. The summed E-state index contributed by atoms with van der Waals surface area (Å²) in [6, 6.07) is 6.81. The van der Waals surface area contributed by atoms with E-state index in [-0.39, 0.29) is 11.9 Å². The summed E-state index contributed by atoms with van der Waals surface area (Å²) in [6.07, 6.45) is 2.54. The number of nitrogen functional groups attached to an aromatic ring is 1. The average Bonchev–Trinajstić information content (AvgIpc) is 3.03. The number of carbonyl (C=O) groups is 1. The molecule has 1 aromatic carbocycles. The molecule has 0 unspecified atom stereocenters. The van der Waals surface area contributed by atoms with Crippen molar-refractivity contribution in [3.63, 3.8) is 0 Å². The van der Waals surface area contributed by atoms with Crippen LogP contribution in [0.3, 0.4) is 0 Å². The molecule has 1 fully saturated rings. The maximum absolute atomic E-state index is 12.7. The molecule has 8 heteroatoms. The fourth-order valence-corrected chi connectivity index (χ4v) is 3.52. The molecule has 25 heavy (non-hydrogen) atoms. The maximum Gasteiger partial charge on any atom is 0.254 e. The number of likely N-dealkylation sites (tertiary alicyclic amines) is 1. The molecule has 2 heterocycles. The fourth-order valence-electron chi connectivity index (χ4n) is 2.99. The Morgan fingerprint density at radius 2 is 2.08 bits per heavy atom. The van der Waals surface area contributed by atoms with Gasteiger partial charge in [0.15, 0.2) is 0 Å². The quantitative estimate of drug-likeness (QED) is 0.883. The third-order valence-electron chi connectivity index (χ3n) is 4.30. The zero-order valence-corrected chi connectivity index (χ0v) is 15.3. The Balaban J connectivity index is 1.63. The Morgan fingerprint density at radius 3 is 2.76 bits per heavy atom. The predicted molar refractivity (Wildman–Crippen MR) is 98.7 cm³/mol. The fraction of sp³-hybridized carbons (Fsp3) is 0.353. The van der Waals surface area contributed by atoms with Gasteiger partial charge in [0.1, 0.15) is 11.6 Å². The molecule has 0 saturated carbocycles. The van der Waals surface area contributed by atoms with Crippen molar-refractivity contribution in [2.45, 2.75) is 19.0 Å². The van der Waals surface area contributed by atoms with Gasteiger partial charge in [0.2, 0.25) is 0 Å². The van der Waals surface area contributed by atoms with Crippen LogP contribution in [0.2, 0.25) is 10.0 Å². The van der Waals surface area contributed by atoms with Gasteiger partial charge in [0, 0.05) is 40.9 Å². The SMILES string of the molecule is CN(Cc1nccc(N)n1)[C@@H]1CCN(C(=O)c2cc(Cl)cc(Cl)c2)C1. The molecule has 0 spiro atoms. The number of nitrogens with two attached hydrogens (primary N) is 1. The van der Waals surface area contributed by atoms with Crippen LogP contribution in [0.5, 0.6) is 0 Å². The standard InChI is InChI=1S/C17H19Cl2N5O/c1-23(10-16-21-4-2-15(20)22-16)14-3-5-24(9-14)17(25)11-6-12(18)8-13(19)7-11/h2,4,6-8,14H,3,5,9-10H2,1H3,(H2,20,21,22)/t14-/m1/s1. The molecule has 6 nitrogen and oxygen atoms in total. The summed E-state index contributed by atoms with van der Waals surface area (Å²) >= 11 is 12.0. The monoisotopic (exact) mass is 379 g/mol. The van der Waals surface area contributed by atoms with E-state index in [1.54, 1.807) is 30.5 Å². The van der Waals surface area contributed by atoms with Gasteiger partial charge in [-0.3, -0.25) is 9.69 Å². The molecule has 132 valence electrons. The minimum Gasteiger partial charge on any atom is -0.384 e. The number of hydrogen-bond acceptors (Lipinski definition) is 5. The smallest absolute Gasteiger partial charge is 0.254 e. The second-order valence-corrected chi connectivity index (χ2v) is 7.04. The molecule has 1 saturated heterocycles. The number of likely N-dealkylation sites (N-methyl/N-ethyl adjacent to an activating group) is 1. The summed E-state index contributed by atoms with van der Waals surface area (Å²) in [7, 11) is 2.00. The first-order valence-electron chi connectivity index (χ1n) is 7.95. The van der Waals surface area contributed by atoms with Crippen molar-refractivity contribution in [1.82, 2.24) is 19.8 Å². The molecule has 1 atom stereocenters. The predicted octanol–water partition coefficient (Wildman–Crippen LogP) is 2.71. The first kappa shape index (κ1) is 17.9. The summed E-state index contributed by atoms with van der Waals surface area (Å²) < 4.78 is 0. The van der Waals surface area contributed by atoms with Gasteiger partial charge < -0.3 is 10.6 Å². The van der Waals surface area contributed by atoms with Crippen LogP contribution in [-0.2, 0) is 6.54 Å². The lowest BCUT2D eigenvalue weighted by atomic mass is 10.2. The third kappa shape index (κ3) is 4.39. The number of amides is 1. The average molecular weight is 380 g/mol. The molecule has 3 rings (SSSR count). The number of anilines is 1. The van der Waals surface area contributed by atoms with Gasteiger partial charge in [0.25, 0.3) is 5.91 Å². The molecule has 0 bridgehead atoms. The van der Waals surface area contributed by atoms with E-state index in [0.717, 1.165) is 6.42 Å². The summed E-state index contributed by atoms with van der Waals surface area (Å²) in [6.45, 7) is 1.91. The van der Waals surface area contributed by atoms with Crippen LogP contribution in [0.15, 0.2) is 30.5 Å². The lowest BCUT2D eigenvalue weighted by Gasteiger charge is -2.24. The van der Waals surface area contributed by atoms with Crippen LogP contribution in [0.1, 0.15) is 22.6 Å². The molecular weight excluding hydrogens is 361 g/mol. The number of halogens is 2. The minimum absolute atomic E-state index is 0.0551. The van der Waals surface area contributed by atoms with Crippen LogP contribution in [0.25, 0.3) is 0 Å². The van der Waals surface area contributed by atoms with Crippen molar-refractivity contribution < 1.29 is 4.79 Å². The Bertz CT molecular complexity index is 765. The molecule has 1 amide bonds. The van der Waals surface area contributed by atoms with E-state index in [1.165, 1.54) is 0 Å². The summed E-state index contributed by atoms with van der Waals surface area (Å²) in [5.74, 6) is 1.08. The van der Waals surface area contributed by atoms with Crippen LogP contribution < -0.4 is 5.73 Å². The minimum atomic E-state index is -0.0551. The highest BCUT2D eigenvalue weighted by molar-refractivity contribution is 6.35. The van der Waals surface area contributed by atoms with Crippen LogP contribution in [0.4, 0.5) is 5.82 Å². The van der Waals surface area contributed by atoms with Crippen molar-refractivity contribution in [3.05, 3.63) is 51.9 Å². The molecular formula is C17H19Cl2N5O. The largest absolute Gasteiger partial charge is 0.384 e. The van der Waals surface area contributed by atoms with Crippen LogP contribution in [0, 0.1) is 0 Å². The van der Waals surface area contributed by atoms with E-state index < -0.39 is 0 Å². The van der Waals surface area contributed by atoms with Gasteiger partial charge in [-0.25, -0.2) is 9.97 Å². The Morgan fingerprint density at radius 1 is 1.36 bits per heavy atom. The normalized spacial score (nSPS) is 17.3. The molecule has 2 aromatic rings. The van der Waals surface area contributed by atoms with E-state index >= 15 is 0 Å². The number of rotatable bonds is 4. The molecule has 2 N–H and O–H groups in total. The Hall–Kier alpha value is -1.89. The summed E-state index contributed by atoms with van der Waals surface area (Å²) in [4.78, 5) is 25.1. The second-order valence-electron chi connectivity index (χ2n) is 6.16. The number of benzene rings is 1. The lowest BCUT2D eigenvalue weighted by molar-refractivity contribution is 0.0779. The van der Waals surface area contributed by atoms with Crippen LogP contribution in [-0.4, -0.2) is 51.9 Å². The molecule has 0 radical (unpaired) electrons. The number of nitrogens with zero attached hydrogens (tertiary/aromatic N) is 4. The van der Waals surface area contributed by atoms with E-state index in [4.69, 9.17) is 28.9 Å². The number of carbonyl (C=O) groups excluding carboxylic acids is 1. The number of hydrogen-bond donors (Lipinski definition) is 1. The van der Waals surface area contributed by atoms with Gasteiger partial charge >= 0.3 is 0 Å². The first-order valence-corrected chi connectivity index (χ1v) is 8.71. The van der Waals surface area contributed by atoms with Gasteiger partial charge in [-0.2, -0.15) is 0 Å². The highest BCUT2D eigenvalue weighted by Gasteiger charge is 2.30. The first-order chi connectivity index (χ1) is 11.9. The van der Waals surface area contributed by atoms with Crippen molar-refractivity contribution in [2.75, 3.05) is 25.9 Å². The van der Waals surface area contributed by atoms with Crippen molar-refractivity contribution >= 4 is 34.9 Å². The van der Waals surface area contributed by atoms with Crippen molar-refractivity contribution in [1.29, 1.82) is 0 Å². The molecule has 1 aromatic heterocycles. The highest BCUT2D eigenvalue weighted by Crippen LogP contribution is 2.23. The van der Waals surface area contributed by atoms with Crippen LogP contribution >= 0.6 is 23.2 Å². The topological polar surface area (TPSA) is 75.4 Å². The van der Waals surface area contributed by atoms with Gasteiger partial charge in [-0.1, -0.05) is 23.2 Å². The van der Waals surface area contributed by atoms with Crippen molar-refractivity contribution in [3.8, 4) is 0 Å². The summed E-state index contributed by atoms with van der Waals surface area (Å²) in [5.41, 5.74) is 6.21. The second kappa shape index (κ2) is 7.56. The maximum atomic E-state index is 12.7. The highest BCUT2D eigenvalue weighted by atomic mass is 35.5. The van der Waals surface area contributed by atoms with Crippen molar-refractivity contribution in [2.24, 2.45) is 0 Å². The molecule has 0 aliphatic carbocycles. The number of aromatic nitrogens is 2. The van der Waals surface area contributed by atoms with E-state index in [1.807, 2.05) is 11.9 Å². The molecule has 1 aliphatic rings. The van der Waals surface area contributed by atoms with Gasteiger partial charge in [0.05, 0.1) is 6.54 Å². The summed E-state index contributed by atoms with van der Waals surface area (Å²) in [5, 5.41) is 0.921. The Labute approximate surface area is 156 Å². The van der Waals surface area contributed by atoms with E-state index in [0.29, 0.717) is 46.9 Å².